The molecule has 1 saturated heterocycles. The van der Waals surface area contributed by atoms with E-state index < -0.39 is 0 Å². The van der Waals surface area contributed by atoms with Gasteiger partial charge in [-0.25, -0.2) is 0 Å². The highest BCUT2D eigenvalue weighted by Gasteiger charge is 2.28. The van der Waals surface area contributed by atoms with E-state index in [9.17, 15) is 9.59 Å². The molecule has 0 aliphatic carbocycles. The van der Waals surface area contributed by atoms with Crippen molar-refractivity contribution in [3.63, 3.8) is 0 Å². The minimum Gasteiger partial charge on any atom is -0.340 e. The van der Waals surface area contributed by atoms with Crippen LogP contribution in [0.15, 0.2) is 60.7 Å². The van der Waals surface area contributed by atoms with Crippen LogP contribution in [0.3, 0.4) is 0 Å². The van der Waals surface area contributed by atoms with Crippen LogP contribution in [0.25, 0.3) is 10.9 Å². The van der Waals surface area contributed by atoms with Gasteiger partial charge in [-0.05, 0) is 49.4 Å². The highest BCUT2D eigenvalue weighted by molar-refractivity contribution is 5.93. The molecular formula is C23H25N3O2. The highest BCUT2D eigenvalue weighted by atomic mass is 16.2. The van der Waals surface area contributed by atoms with E-state index in [2.05, 4.69) is 22.0 Å². The van der Waals surface area contributed by atoms with Crippen molar-refractivity contribution < 1.29 is 9.59 Å². The number of para-hydroxylation sites is 2. The van der Waals surface area contributed by atoms with Crippen LogP contribution in [-0.2, 0) is 16.1 Å². The lowest BCUT2D eigenvalue weighted by molar-refractivity contribution is -0.135. The largest absolute Gasteiger partial charge is 0.340 e. The number of amides is 2. The minimum atomic E-state index is -0.166. The lowest BCUT2D eigenvalue weighted by Crippen LogP contribution is -2.45. The standard InChI is InChI=1S/C23H25N3O2/c1-17-14-18-8-5-6-12-21(18)26(17)16-22(27)25-13-7-9-19(15-25)23(28)24-20-10-3-2-4-11-20/h2-6,8,10-12,14,19H,7,9,13,15-16H2,1H3,(H,24,28). The Morgan fingerprint density at radius 1 is 1.07 bits per heavy atom. The highest BCUT2D eigenvalue weighted by Crippen LogP contribution is 2.22. The van der Waals surface area contributed by atoms with Crippen molar-refractivity contribution in [3.8, 4) is 0 Å². The summed E-state index contributed by atoms with van der Waals surface area (Å²) in [6.07, 6.45) is 1.66. The van der Waals surface area contributed by atoms with Gasteiger partial charge in [0.1, 0.15) is 6.54 Å². The Morgan fingerprint density at radius 3 is 2.64 bits per heavy atom. The molecule has 1 unspecified atom stereocenters. The van der Waals surface area contributed by atoms with Gasteiger partial charge >= 0.3 is 0 Å². The topological polar surface area (TPSA) is 54.3 Å². The lowest BCUT2D eigenvalue weighted by atomic mass is 9.97. The van der Waals surface area contributed by atoms with Crippen LogP contribution in [-0.4, -0.2) is 34.4 Å². The molecule has 0 saturated carbocycles. The normalized spacial score (nSPS) is 16.9. The van der Waals surface area contributed by atoms with Gasteiger partial charge in [-0.1, -0.05) is 36.4 Å². The van der Waals surface area contributed by atoms with Gasteiger partial charge < -0.3 is 14.8 Å². The molecule has 1 aromatic heterocycles. The molecular weight excluding hydrogens is 350 g/mol. The number of rotatable bonds is 4. The summed E-state index contributed by atoms with van der Waals surface area (Å²) >= 11 is 0. The fourth-order valence-electron chi connectivity index (χ4n) is 3.98. The summed E-state index contributed by atoms with van der Waals surface area (Å²) < 4.78 is 2.06. The Kier molecular flexibility index (Phi) is 5.15. The summed E-state index contributed by atoms with van der Waals surface area (Å²) in [4.78, 5) is 27.4. The number of nitrogens with zero attached hydrogens (tertiary/aromatic N) is 2. The minimum absolute atomic E-state index is 0.00806. The van der Waals surface area contributed by atoms with E-state index in [1.54, 1.807) is 0 Å². The Morgan fingerprint density at radius 2 is 1.82 bits per heavy atom. The van der Waals surface area contributed by atoms with Crippen molar-refractivity contribution in [2.75, 3.05) is 18.4 Å². The number of aromatic nitrogens is 1. The number of hydrogen-bond acceptors (Lipinski definition) is 2. The molecule has 144 valence electrons. The SMILES string of the molecule is Cc1cc2ccccc2n1CC(=O)N1CCCC(C(=O)Nc2ccccc2)C1. The molecule has 0 radical (unpaired) electrons. The van der Waals surface area contributed by atoms with Gasteiger partial charge in [-0.2, -0.15) is 0 Å². The maximum atomic E-state index is 13.0. The number of carbonyl (C=O) groups excluding carboxylic acids is 2. The van der Waals surface area contributed by atoms with E-state index in [1.807, 2.05) is 60.4 Å². The van der Waals surface area contributed by atoms with Gasteiger partial charge in [0.25, 0.3) is 0 Å². The molecule has 1 aliphatic heterocycles. The van der Waals surface area contributed by atoms with E-state index in [0.717, 1.165) is 35.1 Å². The molecule has 2 heterocycles. The second-order valence-electron chi connectivity index (χ2n) is 7.46. The Balaban J connectivity index is 1.43. The zero-order valence-electron chi connectivity index (χ0n) is 16.1. The molecule has 4 rings (SSSR count). The van der Waals surface area contributed by atoms with E-state index in [4.69, 9.17) is 0 Å². The van der Waals surface area contributed by atoms with Crippen molar-refractivity contribution in [2.24, 2.45) is 5.92 Å². The predicted octanol–water partition coefficient (Wildman–Crippen LogP) is 3.83. The molecule has 0 bridgehead atoms. The van der Waals surface area contributed by atoms with Crippen LogP contribution in [0, 0.1) is 12.8 Å². The Labute approximate surface area is 165 Å². The molecule has 3 aromatic rings. The monoisotopic (exact) mass is 375 g/mol. The van der Waals surface area contributed by atoms with Gasteiger partial charge in [0.05, 0.1) is 5.92 Å². The second-order valence-corrected chi connectivity index (χ2v) is 7.46. The van der Waals surface area contributed by atoms with Gasteiger partial charge in [0.2, 0.25) is 11.8 Å². The smallest absolute Gasteiger partial charge is 0.242 e. The first-order chi connectivity index (χ1) is 13.6. The zero-order chi connectivity index (χ0) is 19.5. The number of nitrogens with one attached hydrogen (secondary N) is 1. The number of anilines is 1. The number of piperidine rings is 1. The van der Waals surface area contributed by atoms with E-state index in [1.165, 1.54) is 0 Å². The first-order valence-electron chi connectivity index (χ1n) is 9.80. The summed E-state index contributed by atoms with van der Waals surface area (Å²) in [5.41, 5.74) is 2.94. The van der Waals surface area contributed by atoms with Crippen LogP contribution in [0.2, 0.25) is 0 Å². The number of aryl methyl sites for hydroxylation is 1. The second kappa shape index (κ2) is 7.89. The van der Waals surface area contributed by atoms with Crippen molar-refractivity contribution in [3.05, 3.63) is 66.4 Å². The van der Waals surface area contributed by atoms with Crippen LogP contribution in [0.1, 0.15) is 18.5 Å². The molecule has 0 spiro atoms. The Bertz CT molecular complexity index is 994. The van der Waals surface area contributed by atoms with Crippen LogP contribution >= 0.6 is 0 Å². The molecule has 1 aliphatic rings. The fourth-order valence-corrected chi connectivity index (χ4v) is 3.98. The van der Waals surface area contributed by atoms with Crippen LogP contribution in [0.5, 0.6) is 0 Å². The maximum absolute atomic E-state index is 13.0. The first-order valence-corrected chi connectivity index (χ1v) is 9.80. The first kappa shape index (κ1) is 18.3. The third kappa shape index (κ3) is 3.79. The predicted molar refractivity (Wildman–Crippen MR) is 111 cm³/mol. The van der Waals surface area contributed by atoms with E-state index >= 15 is 0 Å². The maximum Gasteiger partial charge on any atom is 0.242 e. The molecule has 5 heteroatoms. The Hall–Kier alpha value is -3.08. The molecule has 28 heavy (non-hydrogen) atoms. The van der Waals surface area contributed by atoms with Gasteiger partial charge in [0, 0.05) is 30.0 Å². The number of carbonyl (C=O) groups is 2. The summed E-state index contributed by atoms with van der Waals surface area (Å²) in [6, 6.07) is 19.7. The zero-order valence-corrected chi connectivity index (χ0v) is 16.1. The van der Waals surface area contributed by atoms with Gasteiger partial charge in [-0.3, -0.25) is 9.59 Å². The van der Waals surface area contributed by atoms with E-state index in [0.29, 0.717) is 19.6 Å². The summed E-state index contributed by atoms with van der Waals surface area (Å²) in [5, 5.41) is 4.11. The van der Waals surface area contributed by atoms with Crippen molar-refractivity contribution in [1.29, 1.82) is 0 Å². The number of likely N-dealkylation sites (tertiary alicyclic amines) is 1. The van der Waals surface area contributed by atoms with Crippen molar-refractivity contribution in [2.45, 2.75) is 26.3 Å². The van der Waals surface area contributed by atoms with Gasteiger partial charge in [-0.15, -0.1) is 0 Å². The quantitative estimate of drug-likeness (QED) is 0.754. The van der Waals surface area contributed by atoms with Crippen LogP contribution in [0.4, 0.5) is 5.69 Å². The number of fused-ring (bicyclic) bond motifs is 1. The average molecular weight is 375 g/mol. The average Bonchev–Trinajstić information content (AvgIpc) is 3.04. The lowest BCUT2D eigenvalue weighted by Gasteiger charge is -2.32. The third-order valence-corrected chi connectivity index (χ3v) is 5.50. The van der Waals surface area contributed by atoms with Gasteiger partial charge in [0.15, 0.2) is 0 Å². The van der Waals surface area contributed by atoms with Crippen molar-refractivity contribution >= 4 is 28.4 Å². The third-order valence-electron chi connectivity index (χ3n) is 5.50. The van der Waals surface area contributed by atoms with E-state index in [-0.39, 0.29) is 17.7 Å². The summed E-state index contributed by atoms with van der Waals surface area (Å²) in [7, 11) is 0. The molecule has 1 fully saturated rings. The molecule has 2 aromatic carbocycles. The summed E-state index contributed by atoms with van der Waals surface area (Å²) in [6.45, 7) is 3.54. The summed E-state index contributed by atoms with van der Waals surface area (Å²) in [5.74, 6) is -0.103. The van der Waals surface area contributed by atoms with Crippen molar-refractivity contribution in [1.82, 2.24) is 9.47 Å². The molecule has 1 N–H and O–H groups in total. The molecule has 1 atom stereocenters. The molecule has 5 nitrogen and oxygen atoms in total. The molecule has 2 amide bonds. The number of hydrogen-bond donors (Lipinski definition) is 1. The van der Waals surface area contributed by atoms with Crippen LogP contribution < -0.4 is 5.32 Å². The fraction of sp³-hybridized carbons (Fsp3) is 0.304. The number of benzene rings is 2.